The quantitative estimate of drug-likeness (QED) is 0.324. The van der Waals surface area contributed by atoms with Gasteiger partial charge in [-0.1, -0.05) is 29.3 Å². The van der Waals surface area contributed by atoms with Crippen LogP contribution in [0.15, 0.2) is 41.3 Å². The first-order valence-electron chi connectivity index (χ1n) is 8.36. The Balaban J connectivity index is 1.77. The fourth-order valence-corrected chi connectivity index (χ4v) is 3.45. The molecule has 0 heterocycles. The second-order valence-electron chi connectivity index (χ2n) is 5.90. The smallest absolute Gasteiger partial charge is 0.273 e. The molecule has 0 radical (unpaired) electrons. The molecular formula is C18H16Cl2N4O5S. The fourth-order valence-electron chi connectivity index (χ4n) is 2.16. The van der Waals surface area contributed by atoms with Crippen molar-refractivity contribution in [3.63, 3.8) is 0 Å². The topological polar surface area (TPSA) is 130 Å². The minimum Gasteiger partial charge on any atom is -0.343 e. The summed E-state index contributed by atoms with van der Waals surface area (Å²) in [6.45, 7) is 1.11. The van der Waals surface area contributed by atoms with Crippen molar-refractivity contribution in [3.05, 3.63) is 67.7 Å². The van der Waals surface area contributed by atoms with E-state index in [4.69, 9.17) is 23.2 Å². The largest absolute Gasteiger partial charge is 0.343 e. The highest BCUT2D eigenvalue weighted by Crippen LogP contribution is 2.29. The number of thioether (sulfide) groups is 1. The number of hydrazine groups is 1. The minimum atomic E-state index is -0.677. The fraction of sp³-hybridized carbons (Fsp3) is 0.167. The van der Waals surface area contributed by atoms with Gasteiger partial charge in [-0.05, 0) is 31.2 Å². The molecule has 9 nitrogen and oxygen atoms in total. The zero-order valence-corrected chi connectivity index (χ0v) is 17.9. The monoisotopic (exact) mass is 470 g/mol. The lowest BCUT2D eigenvalue weighted by Crippen LogP contribution is -2.46. The summed E-state index contributed by atoms with van der Waals surface area (Å²) in [5, 5.41) is 14.2. The Bertz CT molecular complexity index is 1000. The molecular weight excluding hydrogens is 455 g/mol. The average molecular weight is 471 g/mol. The van der Waals surface area contributed by atoms with E-state index in [9.17, 15) is 24.5 Å². The third kappa shape index (κ3) is 6.90. The normalized spacial score (nSPS) is 10.2. The van der Waals surface area contributed by atoms with Crippen molar-refractivity contribution in [2.45, 2.75) is 11.8 Å². The van der Waals surface area contributed by atoms with Gasteiger partial charge < -0.3 is 5.32 Å². The number of benzene rings is 2. The van der Waals surface area contributed by atoms with Gasteiger partial charge in [0.2, 0.25) is 5.91 Å². The number of carbonyl (C=O) groups is 3. The van der Waals surface area contributed by atoms with Crippen molar-refractivity contribution < 1.29 is 19.3 Å². The van der Waals surface area contributed by atoms with E-state index in [-0.39, 0.29) is 17.0 Å². The molecule has 12 heteroatoms. The highest BCUT2D eigenvalue weighted by molar-refractivity contribution is 8.00. The predicted molar refractivity (Wildman–Crippen MR) is 114 cm³/mol. The van der Waals surface area contributed by atoms with Crippen molar-refractivity contribution >= 4 is 58.4 Å². The SMILES string of the molecule is Cc1ccc(C(=O)NCC(=O)NNC(=O)CSc2cc(Cl)ccc2Cl)cc1[N+](=O)[O-]. The second-order valence-corrected chi connectivity index (χ2v) is 7.76. The molecule has 0 unspecified atom stereocenters. The van der Waals surface area contributed by atoms with Gasteiger partial charge in [0.1, 0.15) is 0 Å². The van der Waals surface area contributed by atoms with E-state index in [1.807, 2.05) is 0 Å². The Morgan fingerprint density at radius 1 is 1.07 bits per heavy atom. The van der Waals surface area contributed by atoms with Gasteiger partial charge >= 0.3 is 0 Å². The average Bonchev–Trinajstić information content (AvgIpc) is 2.71. The minimum absolute atomic E-state index is 0.0280. The van der Waals surface area contributed by atoms with Crippen molar-refractivity contribution in [1.82, 2.24) is 16.2 Å². The maximum absolute atomic E-state index is 12.1. The van der Waals surface area contributed by atoms with Crippen LogP contribution in [0.5, 0.6) is 0 Å². The number of hydrogen-bond acceptors (Lipinski definition) is 6. The van der Waals surface area contributed by atoms with Gasteiger partial charge in [0.05, 0.1) is 22.2 Å². The van der Waals surface area contributed by atoms with Crippen LogP contribution in [0.3, 0.4) is 0 Å². The van der Waals surface area contributed by atoms with Crippen molar-refractivity contribution in [2.24, 2.45) is 0 Å². The number of nitro groups is 1. The van der Waals surface area contributed by atoms with Crippen LogP contribution in [0, 0.1) is 17.0 Å². The first-order valence-corrected chi connectivity index (χ1v) is 10.1. The number of halogens is 2. The Morgan fingerprint density at radius 3 is 2.47 bits per heavy atom. The molecule has 0 saturated carbocycles. The van der Waals surface area contributed by atoms with E-state index in [0.717, 1.165) is 17.8 Å². The lowest BCUT2D eigenvalue weighted by atomic mass is 10.1. The molecule has 0 fully saturated rings. The highest BCUT2D eigenvalue weighted by atomic mass is 35.5. The Hall–Kier alpha value is -2.82. The number of nitrogens with zero attached hydrogens (tertiary/aromatic N) is 1. The molecule has 2 aromatic carbocycles. The van der Waals surface area contributed by atoms with Crippen LogP contribution < -0.4 is 16.2 Å². The molecule has 158 valence electrons. The van der Waals surface area contributed by atoms with Crippen LogP contribution in [-0.2, 0) is 9.59 Å². The molecule has 30 heavy (non-hydrogen) atoms. The number of nitro benzene ring substituents is 1. The van der Waals surface area contributed by atoms with Crippen LogP contribution in [0.25, 0.3) is 0 Å². The third-order valence-electron chi connectivity index (χ3n) is 3.67. The molecule has 0 aliphatic carbocycles. The molecule has 0 aromatic heterocycles. The van der Waals surface area contributed by atoms with Crippen molar-refractivity contribution in [1.29, 1.82) is 0 Å². The first kappa shape index (κ1) is 23.5. The number of hydrogen-bond donors (Lipinski definition) is 3. The first-order chi connectivity index (χ1) is 14.2. The van der Waals surface area contributed by atoms with E-state index < -0.39 is 29.2 Å². The molecule has 0 aliphatic heterocycles. The lowest BCUT2D eigenvalue weighted by Gasteiger charge is -2.09. The summed E-state index contributed by atoms with van der Waals surface area (Å²) in [5.74, 6) is -1.86. The summed E-state index contributed by atoms with van der Waals surface area (Å²) in [4.78, 5) is 46.7. The van der Waals surface area contributed by atoms with E-state index in [1.165, 1.54) is 12.1 Å². The molecule has 3 amide bonds. The molecule has 3 N–H and O–H groups in total. The Labute approximate surface area is 185 Å². The van der Waals surface area contributed by atoms with Gasteiger partial charge in [0.15, 0.2) is 0 Å². The zero-order valence-electron chi connectivity index (χ0n) is 15.5. The van der Waals surface area contributed by atoms with Gasteiger partial charge in [-0.2, -0.15) is 0 Å². The summed E-state index contributed by atoms with van der Waals surface area (Å²) in [6.07, 6.45) is 0. The zero-order chi connectivity index (χ0) is 22.3. The molecule has 0 spiro atoms. The molecule has 0 aliphatic rings. The number of nitrogens with one attached hydrogen (secondary N) is 3. The van der Waals surface area contributed by atoms with Gasteiger partial charge in [-0.15, -0.1) is 11.8 Å². The standard InChI is InChI=1S/C18H16Cl2N4O5S/c1-10-2-3-11(6-14(10)24(28)29)18(27)21-8-16(25)22-23-17(26)9-30-15-7-12(19)4-5-13(15)20/h2-7H,8-9H2,1H3,(H,21,27)(H,22,25)(H,23,26). The van der Waals surface area contributed by atoms with E-state index in [0.29, 0.717) is 20.5 Å². The number of aryl methyl sites for hydroxylation is 1. The summed E-state index contributed by atoms with van der Waals surface area (Å²) in [5.41, 5.74) is 4.62. The van der Waals surface area contributed by atoms with Gasteiger partial charge in [0, 0.05) is 27.1 Å². The third-order valence-corrected chi connectivity index (χ3v) is 5.40. The summed E-state index contributed by atoms with van der Waals surface area (Å²) < 4.78 is 0. The summed E-state index contributed by atoms with van der Waals surface area (Å²) in [6, 6.07) is 8.83. The summed E-state index contributed by atoms with van der Waals surface area (Å²) in [7, 11) is 0. The van der Waals surface area contributed by atoms with Gasteiger partial charge in [-0.3, -0.25) is 35.3 Å². The van der Waals surface area contributed by atoms with Crippen LogP contribution in [0.1, 0.15) is 15.9 Å². The molecule has 0 bridgehead atoms. The van der Waals surface area contributed by atoms with Crippen LogP contribution in [0.2, 0.25) is 10.0 Å². The van der Waals surface area contributed by atoms with Crippen molar-refractivity contribution in [3.8, 4) is 0 Å². The molecule has 0 atom stereocenters. The highest BCUT2D eigenvalue weighted by Gasteiger charge is 2.15. The van der Waals surface area contributed by atoms with Gasteiger partial charge in [-0.25, -0.2) is 0 Å². The Morgan fingerprint density at radius 2 is 1.77 bits per heavy atom. The van der Waals surface area contributed by atoms with Crippen molar-refractivity contribution in [2.75, 3.05) is 12.3 Å². The van der Waals surface area contributed by atoms with E-state index in [1.54, 1.807) is 25.1 Å². The second kappa shape index (κ2) is 10.8. The summed E-state index contributed by atoms with van der Waals surface area (Å²) >= 11 is 13.0. The van der Waals surface area contributed by atoms with Crippen LogP contribution in [0.4, 0.5) is 5.69 Å². The molecule has 2 rings (SSSR count). The number of amides is 3. The molecule has 0 saturated heterocycles. The van der Waals surface area contributed by atoms with E-state index >= 15 is 0 Å². The van der Waals surface area contributed by atoms with Crippen LogP contribution >= 0.6 is 35.0 Å². The number of rotatable bonds is 7. The van der Waals surface area contributed by atoms with E-state index in [2.05, 4.69) is 16.2 Å². The maximum atomic E-state index is 12.1. The Kier molecular flexibility index (Phi) is 8.46. The maximum Gasteiger partial charge on any atom is 0.273 e. The predicted octanol–water partition coefficient (Wildman–Crippen LogP) is 2.88. The van der Waals surface area contributed by atoms with Gasteiger partial charge in [0.25, 0.3) is 17.5 Å². The lowest BCUT2D eigenvalue weighted by molar-refractivity contribution is -0.385. The van der Waals surface area contributed by atoms with Crippen LogP contribution in [-0.4, -0.2) is 34.9 Å². The molecule has 2 aromatic rings. The number of carbonyl (C=O) groups excluding carboxylic acids is 3.